The molecule has 0 aliphatic heterocycles. The maximum atomic E-state index is 12.7. The van der Waals surface area contributed by atoms with Gasteiger partial charge in [0.15, 0.2) is 9.84 Å². The van der Waals surface area contributed by atoms with Gasteiger partial charge in [-0.3, -0.25) is 0 Å². The zero-order valence-electron chi connectivity index (χ0n) is 12.5. The van der Waals surface area contributed by atoms with E-state index in [-0.39, 0.29) is 0 Å². The fourth-order valence-electron chi connectivity index (χ4n) is 2.24. The van der Waals surface area contributed by atoms with Gasteiger partial charge in [-0.2, -0.15) is 13.2 Å². The summed E-state index contributed by atoms with van der Waals surface area (Å²) in [5.41, 5.74) is -0.869. The van der Waals surface area contributed by atoms with Gasteiger partial charge in [-0.1, -0.05) is 29.8 Å². The largest absolute Gasteiger partial charge is 0.478 e. The first-order chi connectivity index (χ1) is 11.0. The molecular formula is C16H13F3O4S. The average molecular weight is 358 g/mol. The van der Waals surface area contributed by atoms with Gasteiger partial charge in [0.25, 0.3) is 0 Å². The maximum absolute atomic E-state index is 12.7. The molecule has 0 aliphatic rings. The molecule has 0 amide bonds. The molecule has 2 rings (SSSR count). The first-order valence-corrected chi connectivity index (χ1v) is 8.39. The van der Waals surface area contributed by atoms with E-state index in [4.69, 9.17) is 5.11 Å². The lowest BCUT2D eigenvalue weighted by molar-refractivity contribution is -0.137. The van der Waals surface area contributed by atoms with Crippen molar-refractivity contribution in [3.8, 4) is 0 Å². The number of carboxylic acids is 1. The van der Waals surface area contributed by atoms with Gasteiger partial charge < -0.3 is 5.11 Å². The van der Waals surface area contributed by atoms with Crippen LogP contribution in [0.4, 0.5) is 13.2 Å². The van der Waals surface area contributed by atoms with Crippen LogP contribution in [0.1, 0.15) is 27.0 Å². The molecule has 0 atom stereocenters. The summed E-state index contributed by atoms with van der Waals surface area (Å²) in [6.07, 6.45) is -4.76. The summed E-state index contributed by atoms with van der Waals surface area (Å²) >= 11 is 0. The second kappa shape index (κ2) is 6.27. The van der Waals surface area contributed by atoms with Crippen molar-refractivity contribution >= 4 is 15.8 Å². The van der Waals surface area contributed by atoms with E-state index in [1.165, 1.54) is 0 Å². The summed E-state index contributed by atoms with van der Waals surface area (Å²) < 4.78 is 63.0. The number of hydrogen-bond acceptors (Lipinski definition) is 3. The van der Waals surface area contributed by atoms with Crippen LogP contribution in [0.25, 0.3) is 0 Å². The Morgan fingerprint density at radius 2 is 1.79 bits per heavy atom. The highest BCUT2D eigenvalue weighted by Gasteiger charge is 2.33. The van der Waals surface area contributed by atoms with E-state index in [9.17, 15) is 26.4 Å². The van der Waals surface area contributed by atoms with Crippen LogP contribution >= 0.6 is 0 Å². The zero-order chi connectivity index (χ0) is 18.1. The molecule has 0 bridgehead atoms. The van der Waals surface area contributed by atoms with Gasteiger partial charge in [0.05, 0.1) is 21.8 Å². The summed E-state index contributed by atoms with van der Waals surface area (Å²) in [5.74, 6) is -2.23. The van der Waals surface area contributed by atoms with Crippen LogP contribution in [-0.2, 0) is 21.8 Å². The van der Waals surface area contributed by atoms with Crippen molar-refractivity contribution in [3.63, 3.8) is 0 Å². The third-order valence-corrected chi connectivity index (χ3v) is 5.05. The fourth-order valence-corrected chi connectivity index (χ4v) is 3.77. The van der Waals surface area contributed by atoms with Crippen molar-refractivity contribution in [1.82, 2.24) is 0 Å². The van der Waals surface area contributed by atoms with Crippen LogP contribution in [0.3, 0.4) is 0 Å². The molecule has 0 heterocycles. The predicted octanol–water partition coefficient (Wildman–Crippen LogP) is 3.69. The molecule has 0 unspecified atom stereocenters. The Bertz CT molecular complexity index is 886. The quantitative estimate of drug-likeness (QED) is 0.905. The van der Waals surface area contributed by atoms with Gasteiger partial charge in [-0.25, -0.2) is 13.2 Å². The van der Waals surface area contributed by atoms with Gasteiger partial charge in [-0.05, 0) is 30.7 Å². The highest BCUT2D eigenvalue weighted by atomic mass is 32.2. The lowest BCUT2D eigenvalue weighted by Gasteiger charge is -2.12. The Hall–Kier alpha value is -2.35. The van der Waals surface area contributed by atoms with E-state index in [0.717, 1.165) is 5.56 Å². The summed E-state index contributed by atoms with van der Waals surface area (Å²) in [6, 6.07) is 8.16. The number of sulfone groups is 1. The standard InChI is InChI=1S/C16H13F3O4S/c1-10-3-2-4-11(7-10)9-24(22,23)14-6-5-12(16(17,18)19)8-13(14)15(20)21/h2-8H,9H2,1H3,(H,20,21). The Morgan fingerprint density at radius 3 is 2.33 bits per heavy atom. The van der Waals surface area contributed by atoms with Gasteiger partial charge in [0, 0.05) is 0 Å². The summed E-state index contributed by atoms with van der Waals surface area (Å²) in [5, 5.41) is 9.10. The van der Waals surface area contributed by atoms with Crippen LogP contribution in [-0.4, -0.2) is 19.5 Å². The van der Waals surface area contributed by atoms with Crippen LogP contribution in [0.15, 0.2) is 47.4 Å². The Morgan fingerprint density at radius 1 is 1.12 bits per heavy atom. The highest BCUT2D eigenvalue weighted by molar-refractivity contribution is 7.90. The van der Waals surface area contributed by atoms with Crippen molar-refractivity contribution in [2.24, 2.45) is 0 Å². The first-order valence-electron chi connectivity index (χ1n) is 6.73. The molecule has 0 aliphatic carbocycles. The number of aryl methyl sites for hydroxylation is 1. The Labute approximate surface area is 136 Å². The maximum Gasteiger partial charge on any atom is 0.416 e. The summed E-state index contributed by atoms with van der Waals surface area (Å²) in [6.45, 7) is 1.76. The molecule has 24 heavy (non-hydrogen) atoms. The van der Waals surface area contributed by atoms with Crippen molar-refractivity contribution in [2.45, 2.75) is 23.7 Å². The molecule has 128 valence electrons. The van der Waals surface area contributed by atoms with E-state index in [0.29, 0.717) is 23.8 Å². The molecule has 0 saturated heterocycles. The molecule has 0 fully saturated rings. The summed E-state index contributed by atoms with van der Waals surface area (Å²) in [4.78, 5) is 10.6. The molecule has 0 saturated carbocycles. The summed E-state index contributed by atoms with van der Waals surface area (Å²) in [7, 11) is -4.12. The van der Waals surface area contributed by atoms with E-state index in [1.807, 2.05) is 0 Å². The minimum absolute atomic E-state index is 0.339. The van der Waals surface area contributed by atoms with Crippen LogP contribution in [0, 0.1) is 6.92 Å². The number of hydrogen-bond donors (Lipinski definition) is 1. The van der Waals surface area contributed by atoms with E-state index in [2.05, 4.69) is 0 Å². The number of carboxylic acid groups (broad SMARTS) is 1. The van der Waals surface area contributed by atoms with Gasteiger partial charge >= 0.3 is 12.1 Å². The smallest absolute Gasteiger partial charge is 0.416 e. The Balaban J connectivity index is 2.52. The molecule has 2 aromatic carbocycles. The van der Waals surface area contributed by atoms with Gasteiger partial charge in [0.1, 0.15) is 0 Å². The van der Waals surface area contributed by atoms with E-state index >= 15 is 0 Å². The number of rotatable bonds is 4. The first kappa shape index (κ1) is 18.0. The highest BCUT2D eigenvalue weighted by Crippen LogP contribution is 2.32. The molecule has 0 aromatic heterocycles. The minimum Gasteiger partial charge on any atom is -0.478 e. The predicted molar refractivity (Wildman–Crippen MR) is 80.5 cm³/mol. The van der Waals surface area contributed by atoms with Crippen LogP contribution in [0.5, 0.6) is 0 Å². The topological polar surface area (TPSA) is 71.4 Å². The minimum atomic E-state index is -4.76. The molecule has 4 nitrogen and oxygen atoms in total. The second-order valence-corrected chi connectivity index (χ2v) is 7.22. The zero-order valence-corrected chi connectivity index (χ0v) is 13.3. The Kier molecular flexibility index (Phi) is 4.70. The van der Waals surface area contributed by atoms with Crippen molar-refractivity contribution in [2.75, 3.05) is 0 Å². The van der Waals surface area contributed by atoms with Crippen LogP contribution < -0.4 is 0 Å². The lowest BCUT2D eigenvalue weighted by atomic mass is 10.1. The number of aromatic carboxylic acids is 1. The molecule has 0 radical (unpaired) electrons. The third kappa shape index (κ3) is 3.94. The average Bonchev–Trinajstić information content (AvgIpc) is 2.45. The van der Waals surface area contributed by atoms with Crippen molar-refractivity contribution in [1.29, 1.82) is 0 Å². The normalized spacial score (nSPS) is 12.2. The number of halogens is 3. The fraction of sp³-hybridized carbons (Fsp3) is 0.188. The second-order valence-electron chi connectivity index (χ2n) is 5.26. The van der Waals surface area contributed by atoms with Gasteiger partial charge in [0.2, 0.25) is 0 Å². The molecule has 0 spiro atoms. The monoisotopic (exact) mass is 358 g/mol. The SMILES string of the molecule is Cc1cccc(CS(=O)(=O)c2ccc(C(F)(F)F)cc2C(=O)O)c1. The molecule has 8 heteroatoms. The molecular weight excluding hydrogens is 345 g/mol. The lowest BCUT2D eigenvalue weighted by Crippen LogP contribution is -2.14. The molecule has 1 N–H and O–H groups in total. The van der Waals surface area contributed by atoms with E-state index in [1.54, 1.807) is 31.2 Å². The van der Waals surface area contributed by atoms with Gasteiger partial charge in [-0.15, -0.1) is 0 Å². The van der Waals surface area contributed by atoms with E-state index < -0.39 is 43.8 Å². The van der Waals surface area contributed by atoms with Crippen molar-refractivity contribution < 1.29 is 31.5 Å². The number of benzene rings is 2. The molecule has 2 aromatic rings. The number of carbonyl (C=O) groups is 1. The van der Waals surface area contributed by atoms with Crippen LogP contribution in [0.2, 0.25) is 0 Å². The van der Waals surface area contributed by atoms with Crippen molar-refractivity contribution in [3.05, 3.63) is 64.7 Å². The third-order valence-electron chi connectivity index (χ3n) is 3.31. The number of alkyl halides is 3.